The molecule has 0 atom stereocenters. The minimum atomic E-state index is 0. The second kappa shape index (κ2) is 18.7. The van der Waals surface area contributed by atoms with Crippen molar-refractivity contribution in [1.82, 2.24) is 0 Å². The van der Waals surface area contributed by atoms with E-state index in [1.807, 2.05) is 0 Å². The van der Waals surface area contributed by atoms with Gasteiger partial charge in [0.25, 0.3) is 0 Å². The molecule has 4 heteroatoms. The van der Waals surface area contributed by atoms with E-state index in [4.69, 9.17) is 0 Å². The van der Waals surface area contributed by atoms with Crippen molar-refractivity contribution in [1.29, 1.82) is 0 Å². The van der Waals surface area contributed by atoms with Gasteiger partial charge in [-0.05, 0) is 0 Å². The van der Waals surface area contributed by atoms with Gasteiger partial charge in [-0.3, -0.25) is 0 Å². The average Bonchev–Trinajstić information content (AvgIpc) is 0. The van der Waals surface area contributed by atoms with Gasteiger partial charge < -0.3 is 0 Å². The predicted octanol–water partition coefficient (Wildman–Crippen LogP) is -0.0100. The summed E-state index contributed by atoms with van der Waals surface area (Å²) in [6, 6.07) is 0. The Morgan fingerprint density at radius 3 is 1.00 bits per heavy atom. The minimum Gasteiger partial charge on any atom is 0 e. The fourth-order valence-corrected chi connectivity index (χ4v) is 0. The Kier molecular flexibility index (Phi) is 158. The third-order valence-electron chi connectivity index (χ3n) is 0. The fourth-order valence-electron chi connectivity index (χ4n) is 0. The van der Waals surface area contributed by atoms with E-state index in [0.717, 1.165) is 0 Å². The number of hydrogen-bond donors (Lipinski definition) is 0. The van der Waals surface area contributed by atoms with E-state index >= 15 is 0 Å². The van der Waals surface area contributed by atoms with Crippen molar-refractivity contribution in [3.8, 4) is 0 Å². The quantitative estimate of drug-likeness (QED) is 0.538. The molecule has 0 aliphatic heterocycles. The summed E-state index contributed by atoms with van der Waals surface area (Å²) < 4.78 is 0. The molecule has 0 fully saturated rings. The van der Waals surface area contributed by atoms with Crippen molar-refractivity contribution in [2.24, 2.45) is 0 Å². The molecule has 0 aromatic heterocycles. The summed E-state index contributed by atoms with van der Waals surface area (Å²) in [5, 5.41) is 0. The first-order chi connectivity index (χ1) is 0. The summed E-state index contributed by atoms with van der Waals surface area (Å²) in [5.74, 6) is 0. The van der Waals surface area contributed by atoms with E-state index in [-0.39, 0.29) is 72.7 Å². The molecule has 4 heavy (non-hydrogen) atoms. The normalized spacial score (nSPS) is 0. The SMILES string of the molecule is [Co].[Mn].[Ni].[Ta]. The summed E-state index contributed by atoms with van der Waals surface area (Å²) in [4.78, 5) is 0. The van der Waals surface area contributed by atoms with Crippen LogP contribution in [-0.2, 0) is 72.7 Å². The molecule has 0 amide bonds. The minimum absolute atomic E-state index is 0. The van der Waals surface area contributed by atoms with Gasteiger partial charge in [-0.25, -0.2) is 0 Å². The Morgan fingerprint density at radius 1 is 1.00 bits per heavy atom. The molecule has 0 aromatic carbocycles. The molecule has 0 aromatic rings. The van der Waals surface area contributed by atoms with E-state index in [1.54, 1.807) is 0 Å². The molecule has 0 N–H and O–H groups in total. The van der Waals surface area contributed by atoms with Gasteiger partial charge >= 0.3 is 0 Å². The van der Waals surface area contributed by atoms with Crippen LogP contribution in [0, 0.1) is 0 Å². The van der Waals surface area contributed by atoms with Gasteiger partial charge in [0.15, 0.2) is 0 Å². The molecular weight excluding hydrogens is 354 g/mol. The van der Waals surface area contributed by atoms with Crippen LogP contribution in [0.1, 0.15) is 0 Å². The third-order valence-corrected chi connectivity index (χ3v) is 0. The van der Waals surface area contributed by atoms with Crippen LogP contribution < -0.4 is 0 Å². The van der Waals surface area contributed by atoms with Crippen LogP contribution >= 0.6 is 0 Å². The summed E-state index contributed by atoms with van der Waals surface area (Å²) >= 11 is 0. The molecule has 0 saturated carbocycles. The smallest absolute Gasteiger partial charge is 0 e. The topological polar surface area (TPSA) is 0 Å². The second-order valence-corrected chi connectivity index (χ2v) is 0. The van der Waals surface area contributed by atoms with Crippen molar-refractivity contribution >= 4 is 0 Å². The van der Waals surface area contributed by atoms with E-state index in [1.165, 1.54) is 0 Å². The summed E-state index contributed by atoms with van der Waals surface area (Å²) in [7, 11) is 0. The first-order valence-electron chi connectivity index (χ1n) is 0. The average molecular weight is 354 g/mol. The Hall–Kier alpha value is 2.26. The number of rotatable bonds is 0. The molecule has 0 nitrogen and oxygen atoms in total. The molecule has 0 aliphatic carbocycles. The Balaban J connectivity index is 0. The van der Waals surface area contributed by atoms with Crippen LogP contribution in [0.15, 0.2) is 0 Å². The van der Waals surface area contributed by atoms with Crippen LogP contribution in [0.3, 0.4) is 0 Å². The molecule has 0 saturated heterocycles. The van der Waals surface area contributed by atoms with Crippen molar-refractivity contribution in [3.05, 3.63) is 0 Å². The second-order valence-electron chi connectivity index (χ2n) is 0. The molecule has 0 rings (SSSR count). The van der Waals surface area contributed by atoms with Gasteiger partial charge in [-0.2, -0.15) is 0 Å². The first-order valence-corrected chi connectivity index (χ1v) is 0. The van der Waals surface area contributed by atoms with Crippen molar-refractivity contribution in [2.45, 2.75) is 0 Å². The summed E-state index contributed by atoms with van der Waals surface area (Å²) in [6.07, 6.45) is 0. The van der Waals surface area contributed by atoms with E-state index in [9.17, 15) is 0 Å². The third kappa shape index (κ3) is 8.86. The Morgan fingerprint density at radius 2 is 1.00 bits per heavy atom. The van der Waals surface area contributed by atoms with Gasteiger partial charge in [0, 0.05) is 72.7 Å². The molecule has 0 unspecified atom stereocenters. The maximum atomic E-state index is 0. The van der Waals surface area contributed by atoms with Crippen LogP contribution in [-0.4, -0.2) is 0 Å². The maximum absolute atomic E-state index is 0. The zero-order chi connectivity index (χ0) is 0. The Bertz CT molecular complexity index is 8.00. The zero-order valence-electron chi connectivity index (χ0n) is 1.47. The number of hydrogen-bond acceptors (Lipinski definition) is 0. The first kappa shape index (κ1) is 33.9. The largest absolute Gasteiger partial charge is 0 e. The fraction of sp³-hybridized carbons (Fsp3) is 0. The van der Waals surface area contributed by atoms with Crippen molar-refractivity contribution in [3.63, 3.8) is 0 Å². The van der Waals surface area contributed by atoms with Gasteiger partial charge in [0.1, 0.15) is 0 Å². The maximum Gasteiger partial charge on any atom is 0 e. The molecule has 0 aliphatic rings. The molecular formula is CoMnNiTa. The van der Waals surface area contributed by atoms with E-state index in [0.29, 0.717) is 0 Å². The van der Waals surface area contributed by atoms with Crippen LogP contribution in [0.5, 0.6) is 0 Å². The van der Waals surface area contributed by atoms with Crippen LogP contribution in [0.2, 0.25) is 0 Å². The van der Waals surface area contributed by atoms with Gasteiger partial charge in [-0.1, -0.05) is 0 Å². The molecule has 0 bridgehead atoms. The summed E-state index contributed by atoms with van der Waals surface area (Å²) in [6.45, 7) is 0. The molecule has 3 radical (unpaired) electrons. The zero-order valence-corrected chi connectivity index (χ0v) is 7.90. The molecule has 31 valence electrons. The van der Waals surface area contributed by atoms with Crippen molar-refractivity contribution < 1.29 is 72.7 Å². The van der Waals surface area contributed by atoms with Gasteiger partial charge in [0.05, 0.1) is 0 Å². The predicted molar refractivity (Wildman–Crippen MR) is 0 cm³/mol. The van der Waals surface area contributed by atoms with Gasteiger partial charge in [0.2, 0.25) is 0 Å². The van der Waals surface area contributed by atoms with Gasteiger partial charge in [-0.15, -0.1) is 0 Å². The molecule has 0 heterocycles. The molecule has 0 spiro atoms. The summed E-state index contributed by atoms with van der Waals surface area (Å²) in [5.41, 5.74) is 0. The van der Waals surface area contributed by atoms with Crippen molar-refractivity contribution in [2.75, 3.05) is 0 Å². The Labute approximate surface area is 72.0 Å². The van der Waals surface area contributed by atoms with Crippen LogP contribution in [0.25, 0.3) is 0 Å². The monoisotopic (exact) mass is 353 g/mol. The van der Waals surface area contributed by atoms with E-state index in [2.05, 4.69) is 0 Å². The van der Waals surface area contributed by atoms with Crippen LogP contribution in [0.4, 0.5) is 0 Å². The van der Waals surface area contributed by atoms with E-state index < -0.39 is 0 Å². The standard InChI is InChI=1S/Co.Mn.Ni.Ta.